The largest absolute Gasteiger partial charge is 0.460 e. The lowest BCUT2D eigenvalue weighted by Gasteiger charge is -2.34. The van der Waals surface area contributed by atoms with Crippen molar-refractivity contribution < 1.29 is 56.6 Å². The van der Waals surface area contributed by atoms with Crippen LogP contribution in [0.15, 0.2) is 4.40 Å². The Hall–Kier alpha value is -0.890. The molecule has 0 saturated carbocycles. The van der Waals surface area contributed by atoms with E-state index in [1.165, 1.54) is 4.40 Å². The smallest absolute Gasteiger partial charge is 0.208 e. The second-order valence-corrected chi connectivity index (χ2v) is 5.72. The fourth-order valence-electron chi connectivity index (χ4n) is 1.11. The van der Waals surface area contributed by atoms with Crippen molar-refractivity contribution in [2.24, 2.45) is 4.40 Å². The van der Waals surface area contributed by atoms with Crippen molar-refractivity contribution >= 4 is 15.6 Å². The average molecular weight is 365 g/mol. The third-order valence-electron chi connectivity index (χ3n) is 2.16. The van der Waals surface area contributed by atoms with Crippen LogP contribution in [-0.4, -0.2) is 34.5 Å². The normalized spacial score (nSPS) is 28.0. The molecule has 0 aromatic rings. The molecule has 0 aliphatic carbocycles. The van der Waals surface area contributed by atoms with E-state index in [1.54, 1.807) is 0 Å². The molecule has 21 heavy (non-hydrogen) atoms. The van der Waals surface area contributed by atoms with Gasteiger partial charge in [0.1, 0.15) is 10.6 Å². The number of hydrogen-bond donors (Lipinski definition) is 0. The zero-order valence-electron chi connectivity index (χ0n) is 8.77. The minimum Gasteiger partial charge on any atom is -0.208 e. The van der Waals surface area contributed by atoms with Gasteiger partial charge >= 0.3 is 29.5 Å². The highest BCUT2D eigenvalue weighted by atomic mass is 32.3. The molecule has 1 aliphatic rings. The molecule has 0 amide bonds. The number of alkyl halides is 12. The van der Waals surface area contributed by atoms with Crippen LogP contribution in [0.1, 0.15) is 0 Å². The summed E-state index contributed by atoms with van der Waals surface area (Å²) in [6.45, 7) is 0. The molecule has 0 N–H and O–H groups in total. The van der Waals surface area contributed by atoms with Gasteiger partial charge in [0.25, 0.3) is 0 Å². The molecule has 126 valence electrons. The predicted octanol–water partition coefficient (Wildman–Crippen LogP) is 4.99. The number of nitrogens with zero attached hydrogens (tertiary/aromatic N) is 1. The third kappa shape index (κ3) is 2.23. The Morgan fingerprint density at radius 3 is 1.19 bits per heavy atom. The maximum Gasteiger partial charge on any atom is 0.460 e. The summed E-state index contributed by atoms with van der Waals surface area (Å²) >= 11 is 0. The van der Waals surface area contributed by atoms with Crippen LogP contribution in [0.5, 0.6) is 0 Å². The summed E-state index contributed by atoms with van der Waals surface area (Å²) in [4.78, 5) is 0. The van der Waals surface area contributed by atoms with Gasteiger partial charge in [-0.25, -0.2) is 4.39 Å². The summed E-state index contributed by atoms with van der Waals surface area (Å²) in [5, 5.41) is -10.4. The van der Waals surface area contributed by atoms with E-state index in [0.29, 0.717) is 0 Å². The van der Waals surface area contributed by atoms with Gasteiger partial charge in [-0.15, -0.1) is 0 Å². The van der Waals surface area contributed by atoms with Gasteiger partial charge in [0, 0.05) is 0 Å². The van der Waals surface area contributed by atoms with Crippen LogP contribution in [-0.2, 0) is 0 Å². The molecule has 0 aromatic heterocycles. The number of halogens is 13. The van der Waals surface area contributed by atoms with Gasteiger partial charge < -0.3 is 0 Å². The molecule has 15 heteroatoms. The Morgan fingerprint density at radius 1 is 0.619 bits per heavy atom. The summed E-state index contributed by atoms with van der Waals surface area (Å²) in [6, 6.07) is 0. The van der Waals surface area contributed by atoms with Crippen LogP contribution in [0.3, 0.4) is 0 Å². The number of hydrogen-bond acceptors (Lipinski definition) is 1. The second kappa shape index (κ2) is 4.10. The van der Waals surface area contributed by atoms with Crippen molar-refractivity contribution in [2.75, 3.05) is 0 Å². The maximum atomic E-state index is 13.3. The summed E-state index contributed by atoms with van der Waals surface area (Å²) in [7, 11) is -6.96. The molecule has 0 radical (unpaired) electrons. The van der Waals surface area contributed by atoms with Crippen molar-refractivity contribution in [2.45, 2.75) is 29.5 Å². The zero-order valence-corrected chi connectivity index (χ0v) is 9.59. The summed E-state index contributed by atoms with van der Waals surface area (Å²) in [6.07, 6.45) is -21.0. The van der Waals surface area contributed by atoms with Crippen LogP contribution >= 0.6 is 10.6 Å². The van der Waals surface area contributed by atoms with Crippen LogP contribution < -0.4 is 0 Å². The van der Waals surface area contributed by atoms with Gasteiger partial charge in [-0.3, -0.25) is 0 Å². The predicted molar refractivity (Wildman–Crippen MR) is 43.1 cm³/mol. The Balaban J connectivity index is 3.36. The fourth-order valence-corrected chi connectivity index (χ4v) is 3.07. The van der Waals surface area contributed by atoms with Gasteiger partial charge in [0.05, 0.1) is 0 Å². The SMILES string of the molecule is FC(F)(F)C(F)(F)C1=NS1(F)C(F)(C(F)(F)F)C(F)(F)F. The monoisotopic (exact) mass is 365 g/mol. The zero-order chi connectivity index (χ0) is 17.3. The first kappa shape index (κ1) is 18.2. The quantitative estimate of drug-likeness (QED) is 0.612. The molecule has 1 nitrogen and oxygen atoms in total. The molecule has 0 saturated heterocycles. The molecule has 0 spiro atoms. The highest BCUT2D eigenvalue weighted by Gasteiger charge is 2.90. The van der Waals surface area contributed by atoms with Crippen molar-refractivity contribution in [3.63, 3.8) is 0 Å². The first-order chi connectivity index (χ1) is 8.84. The van der Waals surface area contributed by atoms with Crippen LogP contribution in [0.2, 0.25) is 0 Å². The Kier molecular flexibility index (Phi) is 3.54. The van der Waals surface area contributed by atoms with Crippen molar-refractivity contribution in [3.8, 4) is 0 Å². The maximum absolute atomic E-state index is 13.3. The molecule has 1 heterocycles. The second-order valence-electron chi connectivity index (χ2n) is 3.57. The van der Waals surface area contributed by atoms with Crippen LogP contribution in [0.25, 0.3) is 0 Å². The van der Waals surface area contributed by atoms with Crippen molar-refractivity contribution in [1.82, 2.24) is 0 Å². The van der Waals surface area contributed by atoms with E-state index in [-0.39, 0.29) is 0 Å². The van der Waals surface area contributed by atoms with Gasteiger partial charge in [-0.2, -0.15) is 56.6 Å². The molecular weight excluding hydrogens is 365 g/mol. The third-order valence-corrected chi connectivity index (χ3v) is 4.49. The van der Waals surface area contributed by atoms with Gasteiger partial charge in [-0.1, -0.05) is 0 Å². The molecule has 0 bridgehead atoms. The lowest BCUT2D eigenvalue weighted by atomic mass is 10.3. The van der Waals surface area contributed by atoms with Gasteiger partial charge in [0.15, 0.2) is 5.04 Å². The van der Waals surface area contributed by atoms with E-state index in [2.05, 4.69) is 0 Å². The average Bonchev–Trinajstić information content (AvgIpc) is 2.86. The van der Waals surface area contributed by atoms with Crippen molar-refractivity contribution in [3.05, 3.63) is 0 Å². The lowest BCUT2D eigenvalue weighted by molar-refractivity contribution is -0.305. The van der Waals surface area contributed by atoms with E-state index in [0.717, 1.165) is 0 Å². The Morgan fingerprint density at radius 2 is 0.952 bits per heavy atom. The van der Waals surface area contributed by atoms with Crippen LogP contribution in [0.4, 0.5) is 56.6 Å². The minimum absolute atomic E-state index is 1.28. The molecule has 1 atom stereocenters. The topological polar surface area (TPSA) is 12.4 Å². The fraction of sp³-hybridized carbons (Fsp3) is 0.833. The highest BCUT2D eigenvalue weighted by molar-refractivity contribution is 8.47. The van der Waals surface area contributed by atoms with Crippen molar-refractivity contribution in [1.29, 1.82) is 0 Å². The standard InChI is InChI=1S/C6F13NS/c7-2(8,4(10,11)12)1-20-21(1,19)3(9,5(13,14)15)6(16,17)18. The van der Waals surface area contributed by atoms with Gasteiger partial charge in [-0.05, 0) is 0 Å². The molecule has 1 unspecified atom stereocenters. The summed E-state index contributed by atoms with van der Waals surface area (Å²) in [5.74, 6) is -6.45. The van der Waals surface area contributed by atoms with E-state index in [9.17, 15) is 56.6 Å². The minimum atomic E-state index is -7.14. The Bertz CT molecular complexity index is 455. The first-order valence-electron chi connectivity index (χ1n) is 4.24. The van der Waals surface area contributed by atoms with E-state index < -0.39 is 45.1 Å². The first-order valence-corrected chi connectivity index (χ1v) is 5.73. The summed E-state index contributed by atoms with van der Waals surface area (Å²) in [5.41, 5.74) is 0. The van der Waals surface area contributed by atoms with E-state index in [4.69, 9.17) is 0 Å². The molecule has 1 aliphatic heterocycles. The Labute approximate surface area is 107 Å². The van der Waals surface area contributed by atoms with E-state index in [1.807, 2.05) is 0 Å². The molecule has 0 fully saturated rings. The molecular formula is C6F13NS. The number of rotatable bonds is 2. The van der Waals surface area contributed by atoms with E-state index >= 15 is 0 Å². The van der Waals surface area contributed by atoms with Gasteiger partial charge in [0.2, 0.25) is 0 Å². The highest BCUT2D eigenvalue weighted by Crippen LogP contribution is 2.83. The van der Waals surface area contributed by atoms with Crippen LogP contribution in [0, 0.1) is 0 Å². The lowest BCUT2D eigenvalue weighted by Crippen LogP contribution is -2.55. The molecule has 1 rings (SSSR count). The summed E-state index contributed by atoms with van der Waals surface area (Å²) < 4.78 is 161. The molecule has 0 aromatic carbocycles.